The van der Waals surface area contributed by atoms with Gasteiger partial charge in [-0.2, -0.15) is 0 Å². The van der Waals surface area contributed by atoms with Gasteiger partial charge in [0.1, 0.15) is 5.82 Å². The van der Waals surface area contributed by atoms with Gasteiger partial charge in [0.05, 0.1) is 17.3 Å². The van der Waals surface area contributed by atoms with Crippen LogP contribution >= 0.6 is 11.6 Å². The smallest absolute Gasteiger partial charge is 0.129 e. The van der Waals surface area contributed by atoms with Gasteiger partial charge in [0.25, 0.3) is 0 Å². The zero-order valence-electron chi connectivity index (χ0n) is 9.99. The van der Waals surface area contributed by atoms with Crippen molar-refractivity contribution in [3.63, 3.8) is 0 Å². The van der Waals surface area contributed by atoms with Gasteiger partial charge in [-0.25, -0.2) is 4.98 Å². The van der Waals surface area contributed by atoms with Gasteiger partial charge >= 0.3 is 0 Å². The summed E-state index contributed by atoms with van der Waals surface area (Å²) in [6.07, 6.45) is 1.78. The molecule has 94 valence electrons. The molecule has 0 unspecified atom stereocenters. The van der Waals surface area contributed by atoms with Crippen molar-refractivity contribution >= 4 is 17.4 Å². The van der Waals surface area contributed by atoms with Gasteiger partial charge in [-0.15, -0.1) is 6.58 Å². The highest BCUT2D eigenvalue weighted by molar-refractivity contribution is 6.31. The fourth-order valence-corrected chi connectivity index (χ4v) is 1.69. The number of anilines is 1. The normalized spacial score (nSPS) is 10.3. The molecule has 0 aliphatic carbocycles. The molecule has 0 fully saturated rings. The number of halogens is 1. The summed E-state index contributed by atoms with van der Waals surface area (Å²) in [7, 11) is 1.85. The molecule has 0 atom stereocenters. The average Bonchev–Trinajstić information content (AvgIpc) is 2.32. The van der Waals surface area contributed by atoms with E-state index in [9.17, 15) is 0 Å². The van der Waals surface area contributed by atoms with E-state index in [4.69, 9.17) is 16.7 Å². The minimum Gasteiger partial charge on any atom is -0.395 e. The maximum absolute atomic E-state index is 9.01. The molecule has 1 rings (SSSR count). The molecular weight excluding hydrogens is 238 g/mol. The van der Waals surface area contributed by atoms with E-state index in [1.807, 2.05) is 24.1 Å². The lowest BCUT2D eigenvalue weighted by Crippen LogP contribution is -2.28. The monoisotopic (exact) mass is 255 g/mol. The van der Waals surface area contributed by atoms with Crippen LogP contribution in [0.5, 0.6) is 0 Å². The predicted molar refractivity (Wildman–Crippen MR) is 71.5 cm³/mol. The van der Waals surface area contributed by atoms with Gasteiger partial charge in [-0.1, -0.05) is 17.7 Å². The summed E-state index contributed by atoms with van der Waals surface area (Å²) in [5, 5.41) is 12.7. The fourth-order valence-electron chi connectivity index (χ4n) is 1.52. The molecule has 1 heterocycles. The van der Waals surface area contributed by atoms with Crippen LogP contribution in [0.25, 0.3) is 0 Å². The highest BCUT2D eigenvalue weighted by Crippen LogP contribution is 2.19. The minimum atomic E-state index is 0.0828. The van der Waals surface area contributed by atoms with Crippen molar-refractivity contribution in [3.8, 4) is 0 Å². The minimum absolute atomic E-state index is 0.0828. The van der Waals surface area contributed by atoms with Gasteiger partial charge in [-0.05, 0) is 19.2 Å². The van der Waals surface area contributed by atoms with Gasteiger partial charge < -0.3 is 15.3 Å². The maximum atomic E-state index is 9.01. The lowest BCUT2D eigenvalue weighted by Gasteiger charge is -2.21. The van der Waals surface area contributed by atoms with Gasteiger partial charge in [0.15, 0.2) is 0 Å². The van der Waals surface area contributed by atoms with Crippen LogP contribution in [0.3, 0.4) is 0 Å². The quantitative estimate of drug-likeness (QED) is 0.724. The fraction of sp³-hybridized carbons (Fsp3) is 0.417. The van der Waals surface area contributed by atoms with E-state index in [0.29, 0.717) is 24.7 Å². The molecule has 0 aliphatic heterocycles. The second-order valence-corrected chi connectivity index (χ2v) is 3.99. The molecule has 1 aromatic rings. The molecule has 1 aromatic heterocycles. The SMILES string of the molecule is C=CCN(CCO)c1ccc(Cl)c(CNC)n1. The van der Waals surface area contributed by atoms with Crippen LogP contribution in [-0.2, 0) is 6.54 Å². The second-order valence-electron chi connectivity index (χ2n) is 3.59. The predicted octanol–water partition coefficient (Wildman–Crippen LogP) is 1.44. The first-order valence-corrected chi connectivity index (χ1v) is 5.87. The van der Waals surface area contributed by atoms with E-state index in [1.54, 1.807) is 6.08 Å². The first kappa shape index (κ1) is 14.0. The van der Waals surface area contributed by atoms with E-state index in [1.165, 1.54) is 0 Å². The molecule has 0 saturated heterocycles. The van der Waals surface area contributed by atoms with Crippen molar-refractivity contribution in [1.82, 2.24) is 10.3 Å². The molecule has 0 amide bonds. The molecular formula is C12H18ClN3O. The molecule has 17 heavy (non-hydrogen) atoms. The Bertz CT molecular complexity index is 371. The molecule has 4 nitrogen and oxygen atoms in total. The maximum Gasteiger partial charge on any atom is 0.129 e. The van der Waals surface area contributed by atoms with E-state index in [2.05, 4.69) is 16.9 Å². The van der Waals surface area contributed by atoms with Gasteiger partial charge in [-0.3, -0.25) is 0 Å². The van der Waals surface area contributed by atoms with Crippen LogP contribution < -0.4 is 10.2 Å². The van der Waals surface area contributed by atoms with E-state index < -0.39 is 0 Å². The van der Waals surface area contributed by atoms with E-state index in [0.717, 1.165) is 11.5 Å². The molecule has 0 spiro atoms. The van der Waals surface area contributed by atoms with Gasteiger partial charge in [0, 0.05) is 19.6 Å². The summed E-state index contributed by atoms with van der Waals surface area (Å²) < 4.78 is 0. The third kappa shape index (κ3) is 4.00. The Labute approximate surface area is 107 Å². The molecule has 0 aromatic carbocycles. The first-order chi connectivity index (χ1) is 8.22. The number of pyridine rings is 1. The summed E-state index contributed by atoms with van der Waals surface area (Å²) in [6.45, 7) is 5.57. The average molecular weight is 256 g/mol. The zero-order chi connectivity index (χ0) is 12.7. The number of aliphatic hydroxyl groups is 1. The Balaban J connectivity index is 2.94. The van der Waals surface area contributed by atoms with Crippen molar-refractivity contribution in [2.24, 2.45) is 0 Å². The summed E-state index contributed by atoms with van der Waals surface area (Å²) in [5.41, 5.74) is 0.804. The standard InChI is InChI=1S/C12H18ClN3O/c1-3-6-16(7-8-17)12-5-4-10(13)11(15-12)9-14-2/h3-5,14,17H,1,6-9H2,2H3. The van der Waals surface area contributed by atoms with E-state index in [-0.39, 0.29) is 6.61 Å². The summed E-state index contributed by atoms with van der Waals surface area (Å²) >= 11 is 6.04. The molecule has 0 saturated carbocycles. The van der Waals surface area contributed by atoms with Crippen LogP contribution in [-0.4, -0.2) is 36.8 Å². The zero-order valence-corrected chi connectivity index (χ0v) is 10.7. The Kier molecular flexibility index (Phi) is 5.97. The molecule has 5 heteroatoms. The number of nitrogens with one attached hydrogen (secondary N) is 1. The number of rotatable bonds is 7. The Morgan fingerprint density at radius 2 is 2.35 bits per heavy atom. The summed E-state index contributed by atoms with van der Waals surface area (Å²) in [4.78, 5) is 6.42. The summed E-state index contributed by atoms with van der Waals surface area (Å²) in [6, 6.07) is 3.67. The van der Waals surface area contributed by atoms with Crippen molar-refractivity contribution < 1.29 is 5.11 Å². The molecule has 0 radical (unpaired) electrons. The van der Waals surface area contributed by atoms with Gasteiger partial charge in [0.2, 0.25) is 0 Å². The lowest BCUT2D eigenvalue weighted by atomic mass is 10.3. The van der Waals surface area contributed by atoms with E-state index >= 15 is 0 Å². The Morgan fingerprint density at radius 1 is 1.59 bits per heavy atom. The number of hydrogen-bond donors (Lipinski definition) is 2. The highest BCUT2D eigenvalue weighted by Gasteiger charge is 2.08. The molecule has 2 N–H and O–H groups in total. The van der Waals surface area contributed by atoms with Crippen LogP contribution in [0.1, 0.15) is 5.69 Å². The topological polar surface area (TPSA) is 48.4 Å². The second kappa shape index (κ2) is 7.27. The molecule has 0 aliphatic rings. The van der Waals surface area contributed by atoms with Crippen molar-refractivity contribution in [1.29, 1.82) is 0 Å². The van der Waals surface area contributed by atoms with Crippen molar-refractivity contribution in [3.05, 3.63) is 35.5 Å². The lowest BCUT2D eigenvalue weighted by molar-refractivity contribution is 0.302. The third-order valence-electron chi connectivity index (χ3n) is 2.29. The number of nitrogens with zero attached hydrogens (tertiary/aromatic N) is 2. The number of hydrogen-bond acceptors (Lipinski definition) is 4. The summed E-state index contributed by atoms with van der Waals surface area (Å²) in [5.74, 6) is 0.800. The van der Waals surface area contributed by atoms with Crippen LogP contribution in [0, 0.1) is 0 Å². The Hall–Kier alpha value is -1.10. The van der Waals surface area contributed by atoms with Crippen LogP contribution in [0.2, 0.25) is 5.02 Å². The van der Waals surface area contributed by atoms with Crippen molar-refractivity contribution in [2.45, 2.75) is 6.54 Å². The molecule has 0 bridgehead atoms. The number of aromatic nitrogens is 1. The highest BCUT2D eigenvalue weighted by atomic mass is 35.5. The van der Waals surface area contributed by atoms with Crippen molar-refractivity contribution in [2.75, 3.05) is 31.6 Å². The van der Waals surface area contributed by atoms with Crippen LogP contribution in [0.4, 0.5) is 5.82 Å². The first-order valence-electron chi connectivity index (χ1n) is 5.49. The van der Waals surface area contributed by atoms with Crippen LogP contribution in [0.15, 0.2) is 24.8 Å². The number of aliphatic hydroxyl groups excluding tert-OH is 1. The Morgan fingerprint density at radius 3 is 2.94 bits per heavy atom. The largest absolute Gasteiger partial charge is 0.395 e. The third-order valence-corrected chi connectivity index (χ3v) is 2.64.